The van der Waals surface area contributed by atoms with Gasteiger partial charge in [0.2, 0.25) is 6.79 Å². The van der Waals surface area contributed by atoms with Crippen molar-refractivity contribution in [3.63, 3.8) is 0 Å². The molecule has 1 aliphatic rings. The molecule has 4 rings (SSSR count). The van der Waals surface area contributed by atoms with Crippen LogP contribution in [-0.2, 0) is 0 Å². The normalized spacial score (nSPS) is 11.7. The van der Waals surface area contributed by atoms with Crippen LogP contribution in [0.3, 0.4) is 0 Å². The van der Waals surface area contributed by atoms with Crippen LogP contribution in [0.15, 0.2) is 42.5 Å². The summed E-state index contributed by atoms with van der Waals surface area (Å²) in [5.74, 6) is 1.21. The largest absolute Gasteiger partial charge is 0.497 e. The maximum absolute atomic E-state index is 11.7. The number of fused-ring (bicyclic) bond motifs is 1. The van der Waals surface area contributed by atoms with E-state index in [2.05, 4.69) is 4.98 Å². The molecule has 1 aliphatic heterocycles. The van der Waals surface area contributed by atoms with Gasteiger partial charge in [0.05, 0.1) is 29.4 Å². The van der Waals surface area contributed by atoms with Crippen molar-refractivity contribution in [3.05, 3.63) is 58.1 Å². The van der Waals surface area contributed by atoms with Crippen LogP contribution >= 0.6 is 0 Å². The van der Waals surface area contributed by atoms with Crippen molar-refractivity contribution in [2.24, 2.45) is 0 Å². The number of rotatable bonds is 4. The Balaban J connectivity index is 1.98. The van der Waals surface area contributed by atoms with Gasteiger partial charge in [0.15, 0.2) is 11.5 Å². The second-order valence-corrected chi connectivity index (χ2v) is 6.14. The number of methoxy groups -OCH3 is 1. The second-order valence-electron chi connectivity index (χ2n) is 6.14. The highest BCUT2D eigenvalue weighted by Gasteiger charge is 2.27. The fourth-order valence-electron chi connectivity index (χ4n) is 3.12. The molecule has 0 saturated heterocycles. The molecule has 2 N–H and O–H groups in total. The van der Waals surface area contributed by atoms with Crippen LogP contribution in [0, 0.1) is 21.4 Å². The van der Waals surface area contributed by atoms with Gasteiger partial charge < -0.3 is 19.9 Å². The summed E-state index contributed by atoms with van der Waals surface area (Å²) in [6.07, 6.45) is 0. The van der Waals surface area contributed by atoms with Gasteiger partial charge in [-0.1, -0.05) is 12.1 Å². The van der Waals surface area contributed by atoms with Crippen LogP contribution in [0.5, 0.6) is 17.2 Å². The molecule has 0 unspecified atom stereocenters. The Kier molecular flexibility index (Phi) is 4.37. The number of pyridine rings is 1. The summed E-state index contributed by atoms with van der Waals surface area (Å²) >= 11 is 0. The number of nitriles is 1. The van der Waals surface area contributed by atoms with E-state index < -0.39 is 4.92 Å². The van der Waals surface area contributed by atoms with E-state index in [1.54, 1.807) is 37.4 Å². The quantitative estimate of drug-likeness (QED) is 0.528. The highest BCUT2D eigenvalue weighted by atomic mass is 16.7. The number of hydrogen-bond acceptors (Lipinski definition) is 8. The van der Waals surface area contributed by atoms with E-state index in [9.17, 15) is 15.4 Å². The second kappa shape index (κ2) is 7.01. The first kappa shape index (κ1) is 18.1. The van der Waals surface area contributed by atoms with Crippen LogP contribution in [0.25, 0.3) is 22.4 Å². The lowest BCUT2D eigenvalue weighted by molar-refractivity contribution is -0.384. The Labute approximate surface area is 165 Å². The predicted octanol–water partition coefficient (Wildman–Crippen LogP) is 3.51. The molecule has 9 heteroatoms. The Morgan fingerprint density at radius 1 is 1.21 bits per heavy atom. The van der Waals surface area contributed by atoms with E-state index in [4.69, 9.17) is 19.9 Å². The summed E-state index contributed by atoms with van der Waals surface area (Å²) in [6, 6.07) is 13.5. The minimum atomic E-state index is -0.541. The zero-order valence-corrected chi connectivity index (χ0v) is 15.2. The van der Waals surface area contributed by atoms with Gasteiger partial charge in [-0.25, -0.2) is 4.98 Å². The zero-order chi connectivity index (χ0) is 20.5. The lowest BCUT2D eigenvalue weighted by Crippen LogP contribution is -2.01. The molecule has 3 aromatic rings. The summed E-state index contributed by atoms with van der Waals surface area (Å²) < 4.78 is 15.8. The molecular weight excluding hydrogens is 376 g/mol. The minimum absolute atomic E-state index is 0.0326. The minimum Gasteiger partial charge on any atom is -0.497 e. The van der Waals surface area contributed by atoms with Crippen LogP contribution < -0.4 is 19.9 Å². The lowest BCUT2D eigenvalue weighted by atomic mass is 9.96. The predicted molar refractivity (Wildman–Crippen MR) is 104 cm³/mol. The Bertz CT molecular complexity index is 1190. The Hall–Kier alpha value is -4.32. The highest BCUT2D eigenvalue weighted by Crippen LogP contribution is 2.44. The molecule has 29 heavy (non-hydrogen) atoms. The summed E-state index contributed by atoms with van der Waals surface area (Å²) in [5, 5.41) is 21.3. The van der Waals surface area contributed by atoms with Gasteiger partial charge in [0, 0.05) is 11.1 Å². The van der Waals surface area contributed by atoms with Gasteiger partial charge >= 0.3 is 0 Å². The third kappa shape index (κ3) is 3.12. The Morgan fingerprint density at radius 3 is 2.66 bits per heavy atom. The SMILES string of the molecule is COc1cccc(-c2cc(-c3cc4c(cc3[N+](=O)[O-])OCO4)c(C#N)c(N)n2)c1. The number of hydrogen-bond donors (Lipinski definition) is 1. The molecule has 0 aliphatic carbocycles. The zero-order valence-electron chi connectivity index (χ0n) is 15.2. The number of nitro benzene ring substituents is 1. The van der Waals surface area contributed by atoms with E-state index in [1.165, 1.54) is 12.1 Å². The van der Waals surface area contributed by atoms with Gasteiger partial charge in [-0.2, -0.15) is 5.26 Å². The van der Waals surface area contributed by atoms with Crippen molar-refractivity contribution in [2.45, 2.75) is 0 Å². The number of anilines is 1. The average molecular weight is 390 g/mol. The molecule has 2 heterocycles. The van der Waals surface area contributed by atoms with Gasteiger partial charge in [-0.05, 0) is 24.3 Å². The van der Waals surface area contributed by atoms with Crippen molar-refractivity contribution >= 4 is 11.5 Å². The van der Waals surface area contributed by atoms with Crippen molar-refractivity contribution in [2.75, 3.05) is 19.6 Å². The van der Waals surface area contributed by atoms with Crippen molar-refractivity contribution in [3.8, 4) is 45.7 Å². The van der Waals surface area contributed by atoms with Crippen LogP contribution in [-0.4, -0.2) is 23.8 Å². The number of nitrogen functional groups attached to an aromatic ring is 1. The number of aromatic nitrogens is 1. The lowest BCUT2D eigenvalue weighted by Gasteiger charge is -2.12. The summed E-state index contributed by atoms with van der Waals surface area (Å²) in [7, 11) is 1.54. The van der Waals surface area contributed by atoms with Crippen LogP contribution in [0.2, 0.25) is 0 Å². The maximum Gasteiger partial charge on any atom is 0.281 e. The number of benzene rings is 2. The van der Waals surface area contributed by atoms with Gasteiger partial charge in [0.1, 0.15) is 23.2 Å². The van der Waals surface area contributed by atoms with Crippen LogP contribution in [0.4, 0.5) is 11.5 Å². The summed E-state index contributed by atoms with van der Waals surface area (Å²) in [4.78, 5) is 15.4. The Morgan fingerprint density at radius 2 is 1.97 bits per heavy atom. The highest BCUT2D eigenvalue weighted by molar-refractivity contribution is 5.86. The topological polar surface area (TPSA) is 134 Å². The summed E-state index contributed by atoms with van der Waals surface area (Å²) in [5.41, 5.74) is 7.44. The van der Waals surface area contributed by atoms with E-state index >= 15 is 0 Å². The van der Waals surface area contributed by atoms with E-state index in [0.29, 0.717) is 22.8 Å². The van der Waals surface area contributed by atoms with Gasteiger partial charge in [-0.3, -0.25) is 10.1 Å². The van der Waals surface area contributed by atoms with Gasteiger partial charge in [-0.15, -0.1) is 0 Å². The number of ether oxygens (including phenoxy) is 3. The molecule has 0 fully saturated rings. The molecule has 0 atom stereocenters. The first-order valence-corrected chi connectivity index (χ1v) is 8.45. The molecule has 0 amide bonds. The average Bonchev–Trinajstić information content (AvgIpc) is 3.19. The van der Waals surface area contributed by atoms with E-state index in [1.807, 2.05) is 6.07 Å². The number of nitro groups is 1. The third-order valence-corrected chi connectivity index (χ3v) is 4.50. The van der Waals surface area contributed by atoms with Crippen molar-refractivity contribution in [1.29, 1.82) is 5.26 Å². The van der Waals surface area contributed by atoms with E-state index in [-0.39, 0.29) is 40.7 Å². The fraction of sp³-hybridized carbons (Fsp3) is 0.100. The van der Waals surface area contributed by atoms with Crippen LogP contribution in [0.1, 0.15) is 5.56 Å². The molecule has 9 nitrogen and oxygen atoms in total. The molecule has 1 aromatic heterocycles. The summed E-state index contributed by atoms with van der Waals surface area (Å²) in [6.45, 7) is -0.0331. The first-order chi connectivity index (χ1) is 14.0. The first-order valence-electron chi connectivity index (χ1n) is 8.45. The number of nitrogens with zero attached hydrogens (tertiary/aromatic N) is 3. The third-order valence-electron chi connectivity index (χ3n) is 4.50. The fourth-order valence-corrected chi connectivity index (χ4v) is 3.12. The van der Waals surface area contributed by atoms with Gasteiger partial charge in [0.25, 0.3) is 5.69 Å². The molecule has 0 spiro atoms. The molecule has 2 aromatic carbocycles. The van der Waals surface area contributed by atoms with Crippen molar-refractivity contribution < 1.29 is 19.1 Å². The maximum atomic E-state index is 11.7. The van der Waals surface area contributed by atoms with Crippen molar-refractivity contribution in [1.82, 2.24) is 4.98 Å². The monoisotopic (exact) mass is 390 g/mol. The molecule has 0 radical (unpaired) electrons. The molecule has 0 bridgehead atoms. The number of nitrogens with two attached hydrogens (primary N) is 1. The standard InChI is InChI=1S/C20H14N4O5/c1-27-12-4-2-3-11(5-12)16-6-13(15(9-21)20(22)23-16)14-7-18-19(29-10-28-18)8-17(14)24(25)26/h2-8H,10H2,1H3,(H2,22,23). The molecule has 144 valence electrons. The smallest absolute Gasteiger partial charge is 0.281 e. The molecule has 0 saturated carbocycles. The molecular formula is C20H14N4O5. The van der Waals surface area contributed by atoms with E-state index in [0.717, 1.165) is 0 Å².